The average Bonchev–Trinajstić information content (AvgIpc) is 2.73. The Kier molecular flexibility index (Phi) is 7.01. The molecule has 0 N–H and O–H groups in total. The molecule has 1 fully saturated rings. The maximum absolute atomic E-state index is 5.97. The van der Waals surface area contributed by atoms with Crippen LogP contribution in [0.5, 0.6) is 23.0 Å². The van der Waals surface area contributed by atoms with Crippen molar-refractivity contribution in [1.82, 2.24) is 4.90 Å². The number of rotatable bonds is 8. The van der Waals surface area contributed by atoms with Crippen LogP contribution in [0.25, 0.3) is 0 Å². The Labute approximate surface area is 166 Å². The highest BCUT2D eigenvalue weighted by atomic mass is 16.5. The highest BCUT2D eigenvalue weighted by molar-refractivity contribution is 5.43. The zero-order valence-electron chi connectivity index (χ0n) is 17.1. The zero-order chi connectivity index (χ0) is 19.9. The van der Waals surface area contributed by atoms with Crippen LogP contribution in [0.2, 0.25) is 0 Å². The Morgan fingerprint density at radius 1 is 0.929 bits per heavy atom. The van der Waals surface area contributed by atoms with E-state index in [0.717, 1.165) is 48.2 Å². The van der Waals surface area contributed by atoms with Crippen LogP contribution in [-0.2, 0) is 11.3 Å². The number of methoxy groups -OCH3 is 3. The van der Waals surface area contributed by atoms with E-state index in [0.29, 0.717) is 13.2 Å². The molecule has 1 aliphatic heterocycles. The van der Waals surface area contributed by atoms with Gasteiger partial charge in [0.1, 0.15) is 12.7 Å². The Balaban J connectivity index is 1.57. The number of ether oxygens (including phenoxy) is 5. The summed E-state index contributed by atoms with van der Waals surface area (Å²) in [5, 5.41) is 0. The summed E-state index contributed by atoms with van der Waals surface area (Å²) in [5.41, 5.74) is 2.32. The standard InChI is InChI=1S/C22H29NO5/c1-16-5-7-20(21(11-16)25-3)28-15-18-14-23(9-10-27-18)13-17-6-8-19(24-2)22(12-17)26-4/h5-8,11-12,18H,9-10,13-15H2,1-4H3. The molecule has 1 unspecified atom stereocenters. The van der Waals surface area contributed by atoms with Crippen LogP contribution >= 0.6 is 0 Å². The van der Waals surface area contributed by atoms with Crippen LogP contribution in [0.15, 0.2) is 36.4 Å². The van der Waals surface area contributed by atoms with E-state index in [1.165, 1.54) is 5.56 Å². The van der Waals surface area contributed by atoms with Gasteiger partial charge < -0.3 is 23.7 Å². The lowest BCUT2D eigenvalue weighted by atomic mass is 10.1. The second-order valence-electron chi connectivity index (χ2n) is 6.88. The van der Waals surface area contributed by atoms with E-state index in [1.54, 1.807) is 21.3 Å². The predicted octanol–water partition coefficient (Wildman–Crippen LogP) is 3.30. The van der Waals surface area contributed by atoms with Gasteiger partial charge >= 0.3 is 0 Å². The van der Waals surface area contributed by atoms with Gasteiger partial charge in [-0.2, -0.15) is 0 Å². The number of nitrogens with zero attached hydrogens (tertiary/aromatic N) is 1. The molecule has 1 heterocycles. The molecule has 0 radical (unpaired) electrons. The highest BCUT2D eigenvalue weighted by Gasteiger charge is 2.22. The van der Waals surface area contributed by atoms with Gasteiger partial charge in [0.05, 0.1) is 27.9 Å². The van der Waals surface area contributed by atoms with E-state index in [1.807, 2.05) is 37.3 Å². The van der Waals surface area contributed by atoms with Gasteiger partial charge in [-0.05, 0) is 42.3 Å². The predicted molar refractivity (Wildman–Crippen MR) is 108 cm³/mol. The van der Waals surface area contributed by atoms with Crippen LogP contribution in [0.3, 0.4) is 0 Å². The number of benzene rings is 2. The van der Waals surface area contributed by atoms with Gasteiger partial charge in [0, 0.05) is 19.6 Å². The molecular formula is C22H29NO5. The molecule has 2 aromatic carbocycles. The minimum Gasteiger partial charge on any atom is -0.493 e. The molecular weight excluding hydrogens is 358 g/mol. The molecule has 1 atom stereocenters. The fourth-order valence-electron chi connectivity index (χ4n) is 3.34. The fourth-order valence-corrected chi connectivity index (χ4v) is 3.34. The summed E-state index contributed by atoms with van der Waals surface area (Å²) in [4.78, 5) is 2.37. The lowest BCUT2D eigenvalue weighted by Crippen LogP contribution is -2.44. The van der Waals surface area contributed by atoms with Crippen LogP contribution in [0, 0.1) is 6.92 Å². The van der Waals surface area contributed by atoms with E-state index in [-0.39, 0.29) is 6.10 Å². The van der Waals surface area contributed by atoms with Crippen molar-refractivity contribution in [3.05, 3.63) is 47.5 Å². The zero-order valence-corrected chi connectivity index (χ0v) is 17.1. The van der Waals surface area contributed by atoms with E-state index in [4.69, 9.17) is 23.7 Å². The summed E-state index contributed by atoms with van der Waals surface area (Å²) in [5.74, 6) is 2.98. The third kappa shape index (κ3) is 5.09. The van der Waals surface area contributed by atoms with E-state index in [2.05, 4.69) is 11.0 Å². The van der Waals surface area contributed by atoms with Gasteiger partial charge in [-0.15, -0.1) is 0 Å². The second kappa shape index (κ2) is 9.66. The summed E-state index contributed by atoms with van der Waals surface area (Å²) < 4.78 is 28.0. The molecule has 28 heavy (non-hydrogen) atoms. The third-order valence-electron chi connectivity index (χ3n) is 4.82. The third-order valence-corrected chi connectivity index (χ3v) is 4.82. The number of hydrogen-bond acceptors (Lipinski definition) is 6. The summed E-state index contributed by atoms with van der Waals surface area (Å²) in [6.07, 6.45) is 0.0138. The number of hydrogen-bond donors (Lipinski definition) is 0. The van der Waals surface area contributed by atoms with Crippen LogP contribution in [0.1, 0.15) is 11.1 Å². The van der Waals surface area contributed by atoms with Gasteiger partial charge in [0.15, 0.2) is 23.0 Å². The van der Waals surface area contributed by atoms with Crippen molar-refractivity contribution >= 4 is 0 Å². The van der Waals surface area contributed by atoms with Gasteiger partial charge in [-0.3, -0.25) is 4.90 Å². The van der Waals surface area contributed by atoms with Crippen LogP contribution in [0.4, 0.5) is 0 Å². The topological polar surface area (TPSA) is 49.4 Å². The normalized spacial score (nSPS) is 17.2. The Bertz CT molecular complexity index is 780. The summed E-state index contributed by atoms with van der Waals surface area (Å²) >= 11 is 0. The van der Waals surface area contributed by atoms with E-state index >= 15 is 0 Å². The molecule has 1 saturated heterocycles. The first kappa shape index (κ1) is 20.3. The van der Waals surface area contributed by atoms with Crippen molar-refractivity contribution in [3.8, 4) is 23.0 Å². The lowest BCUT2D eigenvalue weighted by Gasteiger charge is -2.33. The van der Waals surface area contributed by atoms with Crippen molar-refractivity contribution in [2.45, 2.75) is 19.6 Å². The molecule has 0 spiro atoms. The van der Waals surface area contributed by atoms with E-state index in [9.17, 15) is 0 Å². The molecule has 0 saturated carbocycles. The molecule has 3 rings (SSSR count). The largest absolute Gasteiger partial charge is 0.493 e. The first-order chi connectivity index (χ1) is 13.6. The summed E-state index contributed by atoms with van der Waals surface area (Å²) in [7, 11) is 4.96. The second-order valence-corrected chi connectivity index (χ2v) is 6.88. The van der Waals surface area contributed by atoms with Gasteiger partial charge in [0.2, 0.25) is 0 Å². The number of morpholine rings is 1. The molecule has 1 aliphatic rings. The molecule has 6 heteroatoms. The summed E-state index contributed by atoms with van der Waals surface area (Å²) in [6.45, 7) is 5.73. The van der Waals surface area contributed by atoms with Crippen molar-refractivity contribution < 1.29 is 23.7 Å². The SMILES string of the molecule is COc1ccc(CN2CCOC(COc3ccc(C)cc3OC)C2)cc1OC. The molecule has 0 aromatic heterocycles. The first-order valence-corrected chi connectivity index (χ1v) is 9.45. The molecule has 6 nitrogen and oxygen atoms in total. The highest BCUT2D eigenvalue weighted by Crippen LogP contribution is 2.29. The maximum atomic E-state index is 5.97. The molecule has 2 aromatic rings. The summed E-state index contributed by atoms with van der Waals surface area (Å²) in [6, 6.07) is 12.0. The van der Waals surface area contributed by atoms with Crippen molar-refractivity contribution in [2.75, 3.05) is 47.6 Å². The van der Waals surface area contributed by atoms with Gasteiger partial charge in [-0.25, -0.2) is 0 Å². The minimum absolute atomic E-state index is 0.0138. The monoisotopic (exact) mass is 387 g/mol. The smallest absolute Gasteiger partial charge is 0.161 e. The Hall–Kier alpha value is -2.44. The van der Waals surface area contributed by atoms with Crippen LogP contribution < -0.4 is 18.9 Å². The van der Waals surface area contributed by atoms with Gasteiger partial charge in [-0.1, -0.05) is 12.1 Å². The number of aryl methyl sites for hydroxylation is 1. The molecule has 0 bridgehead atoms. The molecule has 0 aliphatic carbocycles. The lowest BCUT2D eigenvalue weighted by molar-refractivity contribution is -0.0506. The Morgan fingerprint density at radius 2 is 1.64 bits per heavy atom. The quantitative estimate of drug-likeness (QED) is 0.693. The average molecular weight is 387 g/mol. The molecule has 0 amide bonds. The van der Waals surface area contributed by atoms with Crippen LogP contribution in [-0.4, -0.2) is 58.6 Å². The maximum Gasteiger partial charge on any atom is 0.161 e. The fraction of sp³-hybridized carbons (Fsp3) is 0.455. The molecule has 152 valence electrons. The van der Waals surface area contributed by atoms with Crippen molar-refractivity contribution in [3.63, 3.8) is 0 Å². The minimum atomic E-state index is 0.0138. The van der Waals surface area contributed by atoms with Crippen molar-refractivity contribution in [2.24, 2.45) is 0 Å². The van der Waals surface area contributed by atoms with Crippen molar-refractivity contribution in [1.29, 1.82) is 0 Å². The first-order valence-electron chi connectivity index (χ1n) is 9.45. The van der Waals surface area contributed by atoms with Gasteiger partial charge in [0.25, 0.3) is 0 Å². The Morgan fingerprint density at radius 3 is 2.39 bits per heavy atom. The van der Waals surface area contributed by atoms with E-state index < -0.39 is 0 Å².